The minimum absolute atomic E-state index is 0.102. The topological polar surface area (TPSA) is 102 Å². The molecule has 1 aromatic carbocycles. The summed E-state index contributed by atoms with van der Waals surface area (Å²) in [4.78, 5) is 24.7. The van der Waals surface area contributed by atoms with E-state index < -0.39 is 17.7 Å². The van der Waals surface area contributed by atoms with Crippen molar-refractivity contribution in [3.05, 3.63) is 35.9 Å². The van der Waals surface area contributed by atoms with Crippen molar-refractivity contribution < 1.29 is 24.2 Å². The third-order valence-electron chi connectivity index (χ3n) is 4.05. The minimum Gasteiger partial charge on any atom is -0.466 e. The first-order valence-corrected chi connectivity index (χ1v) is 8.04. The fourth-order valence-electron chi connectivity index (χ4n) is 2.56. The van der Waals surface area contributed by atoms with E-state index >= 15 is 0 Å². The van der Waals surface area contributed by atoms with Crippen LogP contribution in [-0.4, -0.2) is 53.4 Å². The van der Waals surface area contributed by atoms with Crippen LogP contribution < -0.4 is 5.73 Å². The number of benzene rings is 1. The molecule has 132 valence electrons. The standard InChI is InChI=1S/C17H24N2O5/c1-2-23-15(20)9-8-14(18)17(22)11-19(12-17)16(21)24-10-13-6-4-3-5-7-13/h3-7,14,22H,2,8-12,18H2,1H3. The lowest BCUT2D eigenvalue weighted by atomic mass is 9.84. The molecule has 0 aliphatic carbocycles. The fourth-order valence-corrected chi connectivity index (χ4v) is 2.56. The van der Waals surface area contributed by atoms with E-state index in [9.17, 15) is 14.7 Å². The summed E-state index contributed by atoms with van der Waals surface area (Å²) < 4.78 is 10.0. The molecule has 0 aromatic heterocycles. The van der Waals surface area contributed by atoms with Gasteiger partial charge in [0.05, 0.1) is 19.7 Å². The monoisotopic (exact) mass is 336 g/mol. The molecule has 2 rings (SSSR count). The molecule has 1 unspecified atom stereocenters. The highest BCUT2D eigenvalue weighted by Crippen LogP contribution is 2.26. The number of rotatable bonds is 7. The molecular weight excluding hydrogens is 312 g/mol. The summed E-state index contributed by atoms with van der Waals surface area (Å²) in [6, 6.07) is 8.76. The van der Waals surface area contributed by atoms with Crippen LogP contribution in [0.3, 0.4) is 0 Å². The molecule has 1 atom stereocenters. The van der Waals surface area contributed by atoms with Gasteiger partial charge in [0, 0.05) is 12.5 Å². The molecule has 0 bridgehead atoms. The number of aliphatic hydroxyl groups is 1. The third-order valence-corrected chi connectivity index (χ3v) is 4.05. The molecule has 1 saturated heterocycles. The Kier molecular flexibility index (Phi) is 6.16. The predicted molar refractivity (Wildman–Crippen MR) is 87.0 cm³/mol. The van der Waals surface area contributed by atoms with Gasteiger partial charge in [-0.05, 0) is 18.9 Å². The van der Waals surface area contributed by atoms with Gasteiger partial charge in [0.15, 0.2) is 0 Å². The van der Waals surface area contributed by atoms with Gasteiger partial charge in [-0.25, -0.2) is 4.79 Å². The van der Waals surface area contributed by atoms with Crippen molar-refractivity contribution in [2.75, 3.05) is 19.7 Å². The summed E-state index contributed by atoms with van der Waals surface area (Å²) in [6.07, 6.45) is -0.0287. The SMILES string of the molecule is CCOC(=O)CCC(N)C1(O)CN(C(=O)OCc2ccccc2)C1. The summed E-state index contributed by atoms with van der Waals surface area (Å²) in [5.74, 6) is -0.338. The van der Waals surface area contributed by atoms with Crippen LogP contribution in [0.2, 0.25) is 0 Å². The van der Waals surface area contributed by atoms with Gasteiger partial charge in [0.2, 0.25) is 0 Å². The summed E-state index contributed by atoms with van der Waals surface area (Å²) in [5, 5.41) is 10.4. The van der Waals surface area contributed by atoms with Crippen molar-refractivity contribution in [1.29, 1.82) is 0 Å². The molecule has 0 spiro atoms. The quantitative estimate of drug-likeness (QED) is 0.721. The molecular formula is C17H24N2O5. The Hall–Kier alpha value is -2.12. The fraction of sp³-hybridized carbons (Fsp3) is 0.529. The number of carbonyl (C=O) groups excluding carboxylic acids is 2. The average Bonchev–Trinajstić information content (AvgIpc) is 2.55. The summed E-state index contributed by atoms with van der Waals surface area (Å²) >= 11 is 0. The van der Waals surface area contributed by atoms with Crippen LogP contribution >= 0.6 is 0 Å². The largest absolute Gasteiger partial charge is 0.466 e. The second-order valence-corrected chi connectivity index (χ2v) is 5.95. The number of hydrogen-bond acceptors (Lipinski definition) is 6. The Morgan fingerprint density at radius 2 is 1.96 bits per heavy atom. The molecule has 1 aromatic rings. The molecule has 1 aliphatic rings. The van der Waals surface area contributed by atoms with Gasteiger partial charge < -0.3 is 25.2 Å². The molecule has 0 saturated carbocycles. The first kappa shape index (κ1) is 18.2. The van der Waals surface area contributed by atoms with E-state index in [4.69, 9.17) is 15.2 Å². The van der Waals surface area contributed by atoms with Crippen molar-refractivity contribution in [3.8, 4) is 0 Å². The number of nitrogens with two attached hydrogens (primary N) is 1. The zero-order chi connectivity index (χ0) is 17.6. The predicted octanol–water partition coefficient (Wildman–Crippen LogP) is 1.04. The zero-order valence-corrected chi connectivity index (χ0v) is 13.8. The van der Waals surface area contributed by atoms with Gasteiger partial charge in [0.1, 0.15) is 12.2 Å². The highest BCUT2D eigenvalue weighted by atomic mass is 16.6. The van der Waals surface area contributed by atoms with Crippen molar-refractivity contribution in [1.82, 2.24) is 4.90 Å². The van der Waals surface area contributed by atoms with Gasteiger partial charge in [-0.15, -0.1) is 0 Å². The normalized spacial score (nSPS) is 16.9. The van der Waals surface area contributed by atoms with Crippen molar-refractivity contribution in [3.63, 3.8) is 0 Å². The number of amides is 1. The smallest absolute Gasteiger partial charge is 0.410 e. The molecule has 3 N–H and O–H groups in total. The van der Waals surface area contributed by atoms with E-state index in [1.807, 2.05) is 30.3 Å². The van der Waals surface area contributed by atoms with Crippen molar-refractivity contribution in [2.45, 2.75) is 38.0 Å². The van der Waals surface area contributed by atoms with E-state index in [0.717, 1.165) is 5.56 Å². The number of carbonyl (C=O) groups is 2. The van der Waals surface area contributed by atoms with Crippen molar-refractivity contribution in [2.24, 2.45) is 5.73 Å². The third kappa shape index (κ3) is 4.69. The van der Waals surface area contributed by atoms with Crippen LogP contribution in [-0.2, 0) is 20.9 Å². The first-order chi connectivity index (χ1) is 11.4. The Bertz CT molecular complexity index is 557. The molecule has 7 heteroatoms. The molecule has 7 nitrogen and oxygen atoms in total. The molecule has 1 amide bonds. The first-order valence-electron chi connectivity index (χ1n) is 8.04. The van der Waals surface area contributed by atoms with E-state index in [1.54, 1.807) is 6.92 Å². The van der Waals surface area contributed by atoms with E-state index in [1.165, 1.54) is 4.90 Å². The maximum Gasteiger partial charge on any atom is 0.410 e. The van der Waals surface area contributed by atoms with Crippen LogP contribution in [0, 0.1) is 0 Å². The Labute approximate surface area is 141 Å². The highest BCUT2D eigenvalue weighted by Gasteiger charge is 2.48. The van der Waals surface area contributed by atoms with E-state index in [2.05, 4.69) is 0 Å². The molecule has 1 aliphatic heterocycles. The summed E-state index contributed by atoms with van der Waals surface area (Å²) in [6.45, 7) is 2.44. The minimum atomic E-state index is -1.18. The summed E-state index contributed by atoms with van der Waals surface area (Å²) in [5.41, 5.74) is 5.66. The van der Waals surface area contributed by atoms with Gasteiger partial charge in [0.25, 0.3) is 0 Å². The van der Waals surface area contributed by atoms with Crippen molar-refractivity contribution >= 4 is 12.1 Å². The molecule has 1 fully saturated rings. The van der Waals surface area contributed by atoms with Crippen LogP contribution in [0.4, 0.5) is 4.79 Å². The van der Waals surface area contributed by atoms with E-state index in [0.29, 0.717) is 13.0 Å². The maximum atomic E-state index is 11.9. The number of nitrogens with zero attached hydrogens (tertiary/aromatic N) is 1. The lowest BCUT2D eigenvalue weighted by Crippen LogP contribution is -2.70. The van der Waals surface area contributed by atoms with Crippen LogP contribution in [0.5, 0.6) is 0 Å². The van der Waals surface area contributed by atoms with Gasteiger partial charge in [-0.3, -0.25) is 4.79 Å². The number of ether oxygens (including phenoxy) is 2. The van der Waals surface area contributed by atoms with Gasteiger partial charge >= 0.3 is 12.1 Å². The highest BCUT2D eigenvalue weighted by molar-refractivity contribution is 5.70. The van der Waals surface area contributed by atoms with Gasteiger partial charge in [-0.2, -0.15) is 0 Å². The Balaban J connectivity index is 1.72. The number of hydrogen-bond donors (Lipinski definition) is 2. The second kappa shape index (κ2) is 8.12. The van der Waals surface area contributed by atoms with E-state index in [-0.39, 0.29) is 32.1 Å². The van der Waals surface area contributed by atoms with Gasteiger partial charge in [-0.1, -0.05) is 30.3 Å². The Morgan fingerprint density at radius 1 is 1.29 bits per heavy atom. The number of likely N-dealkylation sites (tertiary alicyclic amines) is 1. The zero-order valence-electron chi connectivity index (χ0n) is 13.8. The lowest BCUT2D eigenvalue weighted by molar-refractivity contribution is -0.144. The van der Waals surface area contributed by atoms with Crippen LogP contribution in [0.25, 0.3) is 0 Å². The molecule has 1 heterocycles. The number of β-amino-alcohol motifs (C(OH)–C–C–N with tert-alkyl or cyclic N) is 1. The molecule has 0 radical (unpaired) electrons. The second-order valence-electron chi connectivity index (χ2n) is 5.95. The maximum absolute atomic E-state index is 11.9. The van der Waals surface area contributed by atoms with Crippen LogP contribution in [0.1, 0.15) is 25.3 Å². The summed E-state index contributed by atoms with van der Waals surface area (Å²) in [7, 11) is 0. The average molecular weight is 336 g/mol. The van der Waals surface area contributed by atoms with Crippen LogP contribution in [0.15, 0.2) is 30.3 Å². The number of esters is 1. The lowest BCUT2D eigenvalue weighted by Gasteiger charge is -2.48. The Morgan fingerprint density at radius 3 is 2.58 bits per heavy atom. The molecule has 24 heavy (non-hydrogen) atoms.